The number of ether oxygens (including phenoxy) is 1. The maximum Gasteiger partial charge on any atom is 0.307 e. The molecule has 21 heavy (non-hydrogen) atoms. The van der Waals surface area contributed by atoms with Crippen molar-refractivity contribution in [3.63, 3.8) is 0 Å². The lowest BCUT2D eigenvalue weighted by Gasteiger charge is -2.28. The first kappa shape index (κ1) is 16.7. The number of nitro groups is 1. The Morgan fingerprint density at radius 2 is 2.10 bits per heavy atom. The van der Waals surface area contributed by atoms with Gasteiger partial charge in [-0.05, 0) is 6.07 Å². The average molecular weight is 309 g/mol. The summed E-state index contributed by atoms with van der Waals surface area (Å²) in [7, 11) is 0.500. The molecule has 0 saturated heterocycles. The van der Waals surface area contributed by atoms with Gasteiger partial charge in [0.25, 0.3) is 11.7 Å². The maximum atomic E-state index is 13.6. The molecule has 1 heterocycles. The monoisotopic (exact) mass is 309 g/mol. The second-order valence-electron chi connectivity index (χ2n) is 3.88. The van der Waals surface area contributed by atoms with E-state index in [1.807, 2.05) is 0 Å². The smallest absolute Gasteiger partial charge is 0.307 e. The number of halogens is 4. The van der Waals surface area contributed by atoms with Gasteiger partial charge in [0.1, 0.15) is 5.82 Å². The van der Waals surface area contributed by atoms with E-state index >= 15 is 0 Å². The Labute approximate surface area is 116 Å². The van der Waals surface area contributed by atoms with Crippen LogP contribution in [0.1, 0.15) is 11.6 Å². The Morgan fingerprint density at radius 3 is 2.67 bits per heavy atom. The van der Waals surface area contributed by atoms with Crippen LogP contribution in [0.4, 0.5) is 23.2 Å². The summed E-state index contributed by atoms with van der Waals surface area (Å²) < 4.78 is 54.7. The molecule has 1 aliphatic heterocycles. The second-order valence-corrected chi connectivity index (χ2v) is 3.88. The summed E-state index contributed by atoms with van der Waals surface area (Å²) in [5.41, 5.74) is 4.07. The molecule has 0 saturated carbocycles. The number of nitrogens with zero attached hydrogens (tertiary/aromatic N) is 2. The molecule has 0 amide bonds. The first-order chi connectivity index (χ1) is 9.81. The van der Waals surface area contributed by atoms with E-state index in [9.17, 15) is 27.7 Å². The topological polar surface area (TPSA) is 90.8 Å². The van der Waals surface area contributed by atoms with E-state index in [1.165, 1.54) is 0 Å². The lowest BCUT2D eigenvalue weighted by atomic mass is 9.99. The molecule has 1 aromatic rings. The molecule has 0 radical (unpaired) electrons. The number of nitro benzene ring substituents is 1. The summed E-state index contributed by atoms with van der Waals surface area (Å²) >= 11 is 0. The number of hydrogen-bond acceptors (Lipinski definition) is 5. The molecule has 1 aliphatic rings. The molecule has 1 aromatic carbocycles. The summed E-state index contributed by atoms with van der Waals surface area (Å²) in [6.45, 7) is -1.06. The Bertz CT molecular complexity index is 566. The average Bonchev–Trinajstić information content (AvgIpc) is 2.44. The van der Waals surface area contributed by atoms with Gasteiger partial charge in [-0.25, -0.2) is 18.2 Å². The zero-order valence-corrected chi connectivity index (χ0v) is 10.7. The molecule has 0 spiro atoms. The molecule has 1 unspecified atom stereocenters. The van der Waals surface area contributed by atoms with Gasteiger partial charge in [0.2, 0.25) is 0 Å². The molecule has 6 nitrogen and oxygen atoms in total. The Hall–Kier alpha value is -2.39. The number of benzene rings is 1. The number of nitrogens with two attached hydrogens (primary N) is 1. The van der Waals surface area contributed by atoms with Gasteiger partial charge in [-0.2, -0.15) is 0 Å². The normalized spacial score (nSPS) is 19.7. The van der Waals surface area contributed by atoms with E-state index in [1.54, 1.807) is 0 Å². The molecule has 2 N–H and O–H groups in total. The fraction of sp³-hybridized carbons (Fsp3) is 0.364. The minimum atomic E-state index is -3.50. The molecule has 10 heteroatoms. The summed E-state index contributed by atoms with van der Waals surface area (Å²) in [4.78, 5) is 13.1. The van der Waals surface area contributed by atoms with Gasteiger partial charge in [-0.3, -0.25) is 14.5 Å². The van der Waals surface area contributed by atoms with Gasteiger partial charge in [-0.15, -0.1) is 0 Å². The minimum Gasteiger partial charge on any atom is -0.459 e. The fourth-order valence-corrected chi connectivity index (χ4v) is 1.66. The van der Waals surface area contributed by atoms with Crippen molar-refractivity contribution in [2.24, 2.45) is 10.7 Å². The highest BCUT2D eigenvalue weighted by atomic mass is 19.3. The van der Waals surface area contributed by atoms with Gasteiger partial charge in [0, 0.05) is 17.7 Å². The second kappa shape index (κ2) is 6.37. The number of non-ortho nitro benzene ring substituents is 1. The SMILES string of the molecule is CF.NC1=NC(c2cc([N+](=O)[O-])ccc2F)C(F)(F)CO1. The highest BCUT2D eigenvalue weighted by molar-refractivity contribution is 5.72. The van der Waals surface area contributed by atoms with Gasteiger partial charge in [0.05, 0.1) is 12.1 Å². The molecule has 2 rings (SSSR count). The lowest BCUT2D eigenvalue weighted by molar-refractivity contribution is -0.385. The number of aliphatic imine (C=N–C) groups is 1. The minimum absolute atomic E-state index is 0.500. The molecular formula is C11H11F4N3O3. The van der Waals surface area contributed by atoms with E-state index < -0.39 is 46.6 Å². The predicted molar refractivity (Wildman–Crippen MR) is 65.3 cm³/mol. The number of alkyl halides is 3. The molecule has 0 aliphatic carbocycles. The van der Waals surface area contributed by atoms with Crippen molar-refractivity contribution >= 4 is 11.7 Å². The highest BCUT2D eigenvalue weighted by Crippen LogP contribution is 2.39. The predicted octanol–water partition coefficient (Wildman–Crippen LogP) is 2.34. The first-order valence-corrected chi connectivity index (χ1v) is 5.47. The van der Waals surface area contributed by atoms with Crippen LogP contribution in [0.5, 0.6) is 0 Å². The summed E-state index contributed by atoms with van der Waals surface area (Å²) in [6.07, 6.45) is 0. The molecular weight excluding hydrogens is 298 g/mol. The molecule has 0 aromatic heterocycles. The van der Waals surface area contributed by atoms with E-state index in [2.05, 4.69) is 9.73 Å². The van der Waals surface area contributed by atoms with Gasteiger partial charge < -0.3 is 10.5 Å². The third-order valence-electron chi connectivity index (χ3n) is 2.55. The van der Waals surface area contributed by atoms with E-state index in [-0.39, 0.29) is 0 Å². The van der Waals surface area contributed by atoms with Crippen LogP contribution in [0.25, 0.3) is 0 Å². The zero-order valence-electron chi connectivity index (χ0n) is 10.7. The summed E-state index contributed by atoms with van der Waals surface area (Å²) in [5.74, 6) is -4.52. The first-order valence-electron chi connectivity index (χ1n) is 5.47. The molecule has 0 bridgehead atoms. The Morgan fingerprint density at radius 1 is 1.48 bits per heavy atom. The van der Waals surface area contributed by atoms with Crippen molar-refractivity contribution in [3.8, 4) is 0 Å². The summed E-state index contributed by atoms with van der Waals surface area (Å²) in [6, 6.07) is -0.118. The maximum absolute atomic E-state index is 13.6. The standard InChI is InChI=1S/C10H8F3N3O3.CH3F/c11-7-2-1-5(16(17)18)3-6(7)8-10(12,13)4-19-9(14)15-8;1-2/h1-3,8H,4H2,(H2,14,15);1H3. The van der Waals surface area contributed by atoms with Crippen molar-refractivity contribution in [3.05, 3.63) is 39.7 Å². The van der Waals surface area contributed by atoms with Crippen molar-refractivity contribution in [1.29, 1.82) is 0 Å². The van der Waals surface area contributed by atoms with Crippen molar-refractivity contribution in [2.75, 3.05) is 13.8 Å². The van der Waals surface area contributed by atoms with Crippen LogP contribution in [0, 0.1) is 15.9 Å². The third kappa shape index (κ3) is 3.58. The van der Waals surface area contributed by atoms with E-state index in [0.29, 0.717) is 7.18 Å². The number of amidine groups is 1. The van der Waals surface area contributed by atoms with E-state index in [4.69, 9.17) is 5.73 Å². The lowest BCUT2D eigenvalue weighted by Crippen LogP contribution is -2.39. The van der Waals surface area contributed by atoms with Crippen LogP contribution in [-0.4, -0.2) is 30.7 Å². The van der Waals surface area contributed by atoms with Crippen molar-refractivity contribution < 1.29 is 27.2 Å². The van der Waals surface area contributed by atoms with Crippen LogP contribution in [0.2, 0.25) is 0 Å². The largest absolute Gasteiger partial charge is 0.459 e. The van der Waals surface area contributed by atoms with Crippen LogP contribution < -0.4 is 5.73 Å². The van der Waals surface area contributed by atoms with Crippen molar-refractivity contribution in [2.45, 2.75) is 12.0 Å². The molecule has 1 atom stereocenters. The summed E-state index contributed by atoms with van der Waals surface area (Å²) in [5, 5.41) is 10.6. The quantitative estimate of drug-likeness (QED) is 0.516. The molecule has 116 valence electrons. The van der Waals surface area contributed by atoms with Gasteiger partial charge >= 0.3 is 5.92 Å². The van der Waals surface area contributed by atoms with E-state index in [0.717, 1.165) is 18.2 Å². The number of hydrogen-bond donors (Lipinski definition) is 1. The van der Waals surface area contributed by atoms with Crippen LogP contribution >= 0.6 is 0 Å². The number of rotatable bonds is 2. The van der Waals surface area contributed by atoms with Gasteiger partial charge in [-0.1, -0.05) is 0 Å². The van der Waals surface area contributed by atoms with Crippen LogP contribution in [0.15, 0.2) is 23.2 Å². The molecule has 0 fully saturated rings. The van der Waals surface area contributed by atoms with Crippen molar-refractivity contribution in [1.82, 2.24) is 0 Å². The van der Waals surface area contributed by atoms with Gasteiger partial charge in [0.15, 0.2) is 12.6 Å². The Balaban J connectivity index is 0.00000106. The highest BCUT2D eigenvalue weighted by Gasteiger charge is 2.46. The third-order valence-corrected chi connectivity index (χ3v) is 2.55. The van der Waals surface area contributed by atoms with Crippen LogP contribution in [-0.2, 0) is 4.74 Å². The fourth-order valence-electron chi connectivity index (χ4n) is 1.66. The van der Waals surface area contributed by atoms with Crippen LogP contribution in [0.3, 0.4) is 0 Å². The Kier molecular flexibility index (Phi) is 5.06. The zero-order chi connectivity index (χ0) is 16.2.